The van der Waals surface area contributed by atoms with Crippen molar-refractivity contribution in [2.24, 2.45) is 5.73 Å². The van der Waals surface area contributed by atoms with Gasteiger partial charge in [0.15, 0.2) is 0 Å². The van der Waals surface area contributed by atoms with Gasteiger partial charge in [0.05, 0.1) is 11.9 Å². The third-order valence-electron chi connectivity index (χ3n) is 3.56. The largest absolute Gasteiger partial charge is 0.469 e. The lowest BCUT2D eigenvalue weighted by Gasteiger charge is -2.33. The van der Waals surface area contributed by atoms with Gasteiger partial charge in [-0.15, -0.1) is 0 Å². The Hall–Kier alpha value is -0.840. The molecule has 0 aliphatic carbocycles. The molecule has 0 aliphatic rings. The normalized spacial score (nSPS) is 14.2. The van der Waals surface area contributed by atoms with Gasteiger partial charge in [-0.3, -0.25) is 4.90 Å². The maximum atomic E-state index is 5.88. The first-order chi connectivity index (χ1) is 8.39. The van der Waals surface area contributed by atoms with Gasteiger partial charge in [-0.1, -0.05) is 0 Å². The number of rotatable bonds is 7. The van der Waals surface area contributed by atoms with Crippen molar-refractivity contribution in [3.8, 4) is 0 Å². The van der Waals surface area contributed by atoms with E-state index in [9.17, 15) is 0 Å². The summed E-state index contributed by atoms with van der Waals surface area (Å²) in [6.07, 6.45) is 2.64. The number of nitrogens with two attached hydrogens (primary N) is 1. The fourth-order valence-corrected chi connectivity index (χ4v) is 2.04. The van der Waals surface area contributed by atoms with Crippen LogP contribution in [0.3, 0.4) is 0 Å². The van der Waals surface area contributed by atoms with Crippen LogP contribution in [0.25, 0.3) is 0 Å². The minimum atomic E-state index is -0.149. The summed E-state index contributed by atoms with van der Waals surface area (Å²) in [6.45, 7) is 7.64. The highest BCUT2D eigenvalue weighted by molar-refractivity contribution is 5.15. The summed E-state index contributed by atoms with van der Waals surface area (Å²) in [7, 11) is 3.84. The maximum absolute atomic E-state index is 5.88. The summed E-state index contributed by atoms with van der Waals surface area (Å²) >= 11 is 0. The van der Waals surface area contributed by atoms with Crippen molar-refractivity contribution in [2.45, 2.75) is 45.4 Å². The van der Waals surface area contributed by atoms with E-state index in [0.717, 1.165) is 18.7 Å². The molecular formula is C14H26N2O2. The third-order valence-corrected chi connectivity index (χ3v) is 3.56. The van der Waals surface area contributed by atoms with E-state index in [1.807, 2.05) is 13.0 Å². The van der Waals surface area contributed by atoms with E-state index in [-0.39, 0.29) is 5.60 Å². The average molecular weight is 254 g/mol. The number of nitrogens with zero attached hydrogens (tertiary/aromatic N) is 1. The molecule has 4 heteroatoms. The van der Waals surface area contributed by atoms with E-state index >= 15 is 0 Å². The molecule has 0 aromatic carbocycles. The minimum Gasteiger partial charge on any atom is -0.469 e. The van der Waals surface area contributed by atoms with E-state index in [0.29, 0.717) is 12.6 Å². The van der Waals surface area contributed by atoms with Crippen molar-refractivity contribution >= 4 is 0 Å². The molecule has 0 fully saturated rings. The molecule has 0 saturated heterocycles. The SMILES string of the molecule is COC(C)(C)CC(CN)N(C)Cc1ccoc1C. The van der Waals surface area contributed by atoms with Gasteiger partial charge < -0.3 is 14.9 Å². The molecule has 2 N–H and O–H groups in total. The Labute approximate surface area is 110 Å². The topological polar surface area (TPSA) is 51.6 Å². The number of hydrogen-bond acceptors (Lipinski definition) is 4. The minimum absolute atomic E-state index is 0.149. The van der Waals surface area contributed by atoms with Crippen LogP contribution < -0.4 is 5.73 Å². The molecule has 0 bridgehead atoms. The predicted molar refractivity (Wildman–Crippen MR) is 73.5 cm³/mol. The van der Waals surface area contributed by atoms with Gasteiger partial charge in [0.1, 0.15) is 5.76 Å². The molecule has 1 aromatic heterocycles. The van der Waals surface area contributed by atoms with Crippen LogP contribution in [0, 0.1) is 6.92 Å². The fraction of sp³-hybridized carbons (Fsp3) is 0.714. The van der Waals surface area contributed by atoms with Gasteiger partial charge >= 0.3 is 0 Å². The summed E-state index contributed by atoms with van der Waals surface area (Å²) < 4.78 is 10.8. The maximum Gasteiger partial charge on any atom is 0.105 e. The zero-order chi connectivity index (χ0) is 13.8. The quantitative estimate of drug-likeness (QED) is 0.810. The Balaban J connectivity index is 2.63. The van der Waals surface area contributed by atoms with Crippen LogP contribution in [0.4, 0.5) is 0 Å². The Bertz CT molecular complexity index is 360. The monoisotopic (exact) mass is 254 g/mol. The summed E-state index contributed by atoms with van der Waals surface area (Å²) in [6, 6.07) is 2.31. The second-order valence-corrected chi connectivity index (χ2v) is 5.47. The Kier molecular flexibility index (Phi) is 5.38. The second-order valence-electron chi connectivity index (χ2n) is 5.47. The van der Waals surface area contributed by atoms with Crippen LogP contribution in [0.2, 0.25) is 0 Å². The Morgan fingerprint density at radius 3 is 2.61 bits per heavy atom. The van der Waals surface area contributed by atoms with Crippen molar-refractivity contribution in [1.29, 1.82) is 0 Å². The molecule has 1 unspecified atom stereocenters. The number of furan rings is 1. The van der Waals surface area contributed by atoms with Gasteiger partial charge in [-0.05, 0) is 40.3 Å². The third kappa shape index (κ3) is 4.12. The zero-order valence-corrected chi connectivity index (χ0v) is 12.2. The van der Waals surface area contributed by atoms with E-state index in [2.05, 4.69) is 25.8 Å². The highest BCUT2D eigenvalue weighted by Crippen LogP contribution is 2.20. The predicted octanol–water partition coefficient (Wildman–Crippen LogP) is 2.16. The van der Waals surface area contributed by atoms with Crippen molar-refractivity contribution in [3.63, 3.8) is 0 Å². The molecule has 0 aliphatic heterocycles. The van der Waals surface area contributed by atoms with Crippen molar-refractivity contribution in [1.82, 2.24) is 4.90 Å². The smallest absolute Gasteiger partial charge is 0.105 e. The lowest BCUT2D eigenvalue weighted by molar-refractivity contribution is -0.00541. The molecule has 0 saturated carbocycles. The molecular weight excluding hydrogens is 228 g/mol. The van der Waals surface area contributed by atoms with Crippen LogP contribution in [-0.4, -0.2) is 37.2 Å². The molecule has 0 radical (unpaired) electrons. The average Bonchev–Trinajstić information content (AvgIpc) is 2.72. The number of methoxy groups -OCH3 is 1. The van der Waals surface area contributed by atoms with Crippen molar-refractivity contribution in [3.05, 3.63) is 23.7 Å². The van der Waals surface area contributed by atoms with Gasteiger partial charge in [0, 0.05) is 31.8 Å². The van der Waals surface area contributed by atoms with Crippen LogP contribution in [0.5, 0.6) is 0 Å². The number of hydrogen-bond donors (Lipinski definition) is 1. The van der Waals surface area contributed by atoms with Gasteiger partial charge in [0.2, 0.25) is 0 Å². The van der Waals surface area contributed by atoms with Crippen LogP contribution in [0.15, 0.2) is 16.7 Å². The summed E-state index contributed by atoms with van der Waals surface area (Å²) in [4.78, 5) is 2.26. The van der Waals surface area contributed by atoms with Gasteiger partial charge in [-0.25, -0.2) is 0 Å². The Morgan fingerprint density at radius 2 is 2.17 bits per heavy atom. The Morgan fingerprint density at radius 1 is 1.50 bits per heavy atom. The molecule has 1 atom stereocenters. The fourth-order valence-electron chi connectivity index (χ4n) is 2.04. The number of likely N-dealkylation sites (N-methyl/N-ethyl adjacent to an activating group) is 1. The van der Waals surface area contributed by atoms with Gasteiger partial charge in [0.25, 0.3) is 0 Å². The summed E-state index contributed by atoms with van der Waals surface area (Å²) in [5.74, 6) is 0.976. The summed E-state index contributed by atoms with van der Waals surface area (Å²) in [5.41, 5.74) is 6.95. The van der Waals surface area contributed by atoms with Crippen LogP contribution >= 0.6 is 0 Å². The molecule has 0 spiro atoms. The van der Waals surface area contributed by atoms with Crippen LogP contribution in [0.1, 0.15) is 31.6 Å². The molecule has 104 valence electrons. The first-order valence-corrected chi connectivity index (χ1v) is 6.38. The number of aryl methyl sites for hydroxylation is 1. The molecule has 1 heterocycles. The lowest BCUT2D eigenvalue weighted by atomic mass is 9.97. The molecule has 0 amide bonds. The van der Waals surface area contributed by atoms with E-state index in [4.69, 9.17) is 14.9 Å². The van der Waals surface area contributed by atoms with Crippen molar-refractivity contribution in [2.75, 3.05) is 20.7 Å². The highest BCUT2D eigenvalue weighted by atomic mass is 16.5. The van der Waals surface area contributed by atoms with E-state index in [1.165, 1.54) is 5.56 Å². The lowest BCUT2D eigenvalue weighted by Crippen LogP contribution is -2.43. The van der Waals surface area contributed by atoms with Gasteiger partial charge in [-0.2, -0.15) is 0 Å². The highest BCUT2D eigenvalue weighted by Gasteiger charge is 2.25. The van der Waals surface area contributed by atoms with E-state index in [1.54, 1.807) is 13.4 Å². The number of ether oxygens (including phenoxy) is 1. The molecule has 1 aromatic rings. The zero-order valence-electron chi connectivity index (χ0n) is 12.2. The second kappa shape index (κ2) is 6.36. The first-order valence-electron chi connectivity index (χ1n) is 6.38. The summed E-state index contributed by atoms with van der Waals surface area (Å²) in [5, 5.41) is 0. The molecule has 18 heavy (non-hydrogen) atoms. The van der Waals surface area contributed by atoms with Crippen LogP contribution in [-0.2, 0) is 11.3 Å². The van der Waals surface area contributed by atoms with Crippen molar-refractivity contribution < 1.29 is 9.15 Å². The standard InChI is InChI=1S/C14H26N2O2/c1-11-12(6-7-18-11)10-16(4)13(9-15)8-14(2,3)17-5/h6-7,13H,8-10,15H2,1-5H3. The van der Waals surface area contributed by atoms with E-state index < -0.39 is 0 Å². The first kappa shape index (κ1) is 15.2. The molecule has 4 nitrogen and oxygen atoms in total. The molecule has 1 rings (SSSR count).